The third-order valence-electron chi connectivity index (χ3n) is 4.03. The second kappa shape index (κ2) is 9.36. The number of sulfone groups is 1. The summed E-state index contributed by atoms with van der Waals surface area (Å²) in [7, 11) is -2.01. The number of benzene rings is 2. The predicted octanol–water partition coefficient (Wildman–Crippen LogP) is 2.00. The fourth-order valence-electron chi connectivity index (χ4n) is 2.50. The van der Waals surface area contributed by atoms with E-state index in [0.29, 0.717) is 13.0 Å². The van der Waals surface area contributed by atoms with E-state index in [9.17, 15) is 18.0 Å². The zero-order valence-corrected chi connectivity index (χ0v) is 16.8. The SMILES string of the molecule is COc1ccc(CCNC(=O)[C@@H](C)OC(=O)c2ccccc2S(C)(=O)=O)cc1. The average molecular weight is 405 g/mol. The van der Waals surface area contributed by atoms with Crippen molar-refractivity contribution in [2.45, 2.75) is 24.3 Å². The molecule has 0 aliphatic rings. The number of carbonyl (C=O) groups excluding carboxylic acids is 2. The summed E-state index contributed by atoms with van der Waals surface area (Å²) in [5.74, 6) is -0.569. The molecule has 2 aromatic carbocycles. The standard InChI is InChI=1S/C20H23NO6S/c1-14(19(22)21-13-12-15-8-10-16(26-2)11-9-15)27-20(23)17-6-4-5-7-18(17)28(3,24)25/h4-11,14H,12-13H2,1-3H3,(H,21,22)/t14-/m1/s1. The van der Waals surface area contributed by atoms with E-state index in [1.54, 1.807) is 7.11 Å². The van der Waals surface area contributed by atoms with E-state index < -0.39 is 27.8 Å². The molecule has 1 atom stereocenters. The van der Waals surface area contributed by atoms with E-state index in [1.807, 2.05) is 24.3 Å². The van der Waals surface area contributed by atoms with Crippen LogP contribution in [0.2, 0.25) is 0 Å². The Balaban J connectivity index is 1.90. The van der Waals surface area contributed by atoms with Crippen molar-refractivity contribution in [3.63, 3.8) is 0 Å². The highest BCUT2D eigenvalue weighted by atomic mass is 32.2. The van der Waals surface area contributed by atoms with Crippen LogP contribution in [0.5, 0.6) is 5.75 Å². The molecule has 2 aromatic rings. The lowest BCUT2D eigenvalue weighted by molar-refractivity contribution is -0.129. The smallest absolute Gasteiger partial charge is 0.340 e. The van der Waals surface area contributed by atoms with Crippen LogP contribution in [0.15, 0.2) is 53.4 Å². The highest BCUT2D eigenvalue weighted by Crippen LogP contribution is 2.17. The number of nitrogens with one attached hydrogen (secondary N) is 1. The van der Waals surface area contributed by atoms with Crippen molar-refractivity contribution in [2.75, 3.05) is 19.9 Å². The fraction of sp³-hybridized carbons (Fsp3) is 0.300. The highest BCUT2D eigenvalue weighted by molar-refractivity contribution is 7.90. The molecule has 0 spiro atoms. The summed E-state index contributed by atoms with van der Waals surface area (Å²) in [6.45, 7) is 1.80. The van der Waals surface area contributed by atoms with Gasteiger partial charge in [-0.05, 0) is 43.2 Å². The Morgan fingerprint density at radius 3 is 2.32 bits per heavy atom. The normalized spacial score (nSPS) is 12.1. The first-order chi connectivity index (χ1) is 13.2. The van der Waals surface area contributed by atoms with Gasteiger partial charge in [-0.2, -0.15) is 0 Å². The first-order valence-corrected chi connectivity index (χ1v) is 10.5. The number of methoxy groups -OCH3 is 1. The minimum absolute atomic E-state index is 0.0946. The van der Waals surface area contributed by atoms with E-state index in [2.05, 4.69) is 5.32 Å². The van der Waals surface area contributed by atoms with Gasteiger partial charge in [0.25, 0.3) is 5.91 Å². The van der Waals surface area contributed by atoms with Crippen LogP contribution in [0, 0.1) is 0 Å². The molecule has 28 heavy (non-hydrogen) atoms. The molecule has 0 aliphatic carbocycles. The molecule has 0 saturated heterocycles. The number of hydrogen-bond donors (Lipinski definition) is 1. The van der Waals surface area contributed by atoms with Crippen LogP contribution in [0.1, 0.15) is 22.8 Å². The fourth-order valence-corrected chi connectivity index (χ4v) is 3.38. The molecule has 1 N–H and O–H groups in total. The van der Waals surface area contributed by atoms with Crippen molar-refractivity contribution in [3.8, 4) is 5.75 Å². The third kappa shape index (κ3) is 5.82. The Hall–Kier alpha value is -2.87. The van der Waals surface area contributed by atoms with Crippen molar-refractivity contribution in [1.29, 1.82) is 0 Å². The van der Waals surface area contributed by atoms with Gasteiger partial charge in [0.1, 0.15) is 5.75 Å². The molecule has 0 aliphatic heterocycles. The molecular weight excluding hydrogens is 382 g/mol. The number of amides is 1. The molecular formula is C20H23NO6S. The lowest BCUT2D eigenvalue weighted by Gasteiger charge is -2.14. The first-order valence-electron chi connectivity index (χ1n) is 8.63. The zero-order chi connectivity index (χ0) is 20.7. The van der Waals surface area contributed by atoms with Crippen molar-refractivity contribution < 1.29 is 27.5 Å². The minimum atomic E-state index is -3.59. The Morgan fingerprint density at radius 2 is 1.71 bits per heavy atom. The molecule has 2 rings (SSSR count). The lowest BCUT2D eigenvalue weighted by Crippen LogP contribution is -2.37. The van der Waals surface area contributed by atoms with Crippen LogP contribution in [-0.2, 0) is 25.8 Å². The Kier molecular flexibility index (Phi) is 7.17. The summed E-state index contributed by atoms with van der Waals surface area (Å²) >= 11 is 0. The average Bonchev–Trinajstić information content (AvgIpc) is 2.67. The maximum Gasteiger partial charge on any atom is 0.340 e. The van der Waals surface area contributed by atoms with Gasteiger partial charge in [0, 0.05) is 12.8 Å². The van der Waals surface area contributed by atoms with Crippen molar-refractivity contribution in [1.82, 2.24) is 5.32 Å². The number of ether oxygens (including phenoxy) is 2. The topological polar surface area (TPSA) is 98.8 Å². The second-order valence-electron chi connectivity index (χ2n) is 6.20. The monoisotopic (exact) mass is 405 g/mol. The van der Waals surface area contributed by atoms with Gasteiger partial charge < -0.3 is 14.8 Å². The van der Waals surface area contributed by atoms with Gasteiger partial charge in [0.15, 0.2) is 15.9 Å². The summed E-state index contributed by atoms with van der Waals surface area (Å²) in [6, 6.07) is 13.2. The quantitative estimate of drug-likeness (QED) is 0.675. The molecule has 0 saturated carbocycles. The third-order valence-corrected chi connectivity index (χ3v) is 5.19. The van der Waals surface area contributed by atoms with Gasteiger partial charge >= 0.3 is 5.97 Å². The van der Waals surface area contributed by atoms with Crippen LogP contribution < -0.4 is 10.1 Å². The van der Waals surface area contributed by atoms with Gasteiger partial charge in [0.2, 0.25) is 0 Å². The van der Waals surface area contributed by atoms with E-state index in [-0.39, 0.29) is 10.5 Å². The Morgan fingerprint density at radius 1 is 1.07 bits per heavy atom. The van der Waals surface area contributed by atoms with Crippen LogP contribution in [0.4, 0.5) is 0 Å². The Bertz CT molecular complexity index is 937. The van der Waals surface area contributed by atoms with Crippen molar-refractivity contribution in [2.24, 2.45) is 0 Å². The molecule has 0 radical (unpaired) electrons. The highest BCUT2D eigenvalue weighted by Gasteiger charge is 2.23. The molecule has 7 nitrogen and oxygen atoms in total. The van der Waals surface area contributed by atoms with Gasteiger partial charge in [-0.15, -0.1) is 0 Å². The van der Waals surface area contributed by atoms with Gasteiger partial charge in [-0.1, -0.05) is 24.3 Å². The van der Waals surface area contributed by atoms with Crippen LogP contribution in [0.3, 0.4) is 0 Å². The van der Waals surface area contributed by atoms with Gasteiger partial charge in [0.05, 0.1) is 17.6 Å². The zero-order valence-electron chi connectivity index (χ0n) is 16.0. The van der Waals surface area contributed by atoms with E-state index in [1.165, 1.54) is 31.2 Å². The van der Waals surface area contributed by atoms with Crippen LogP contribution in [-0.4, -0.2) is 46.3 Å². The van der Waals surface area contributed by atoms with Crippen LogP contribution >= 0.6 is 0 Å². The minimum Gasteiger partial charge on any atom is -0.497 e. The summed E-state index contributed by atoms with van der Waals surface area (Å²) < 4.78 is 33.8. The summed E-state index contributed by atoms with van der Waals surface area (Å²) in [5, 5.41) is 2.70. The second-order valence-corrected chi connectivity index (χ2v) is 8.19. The number of hydrogen-bond acceptors (Lipinski definition) is 6. The maximum atomic E-state index is 12.3. The van der Waals surface area contributed by atoms with E-state index in [0.717, 1.165) is 17.6 Å². The molecule has 8 heteroatoms. The van der Waals surface area contributed by atoms with Crippen molar-refractivity contribution in [3.05, 3.63) is 59.7 Å². The van der Waals surface area contributed by atoms with Gasteiger partial charge in [-0.25, -0.2) is 13.2 Å². The van der Waals surface area contributed by atoms with E-state index >= 15 is 0 Å². The largest absolute Gasteiger partial charge is 0.497 e. The Labute approximate surface area is 164 Å². The van der Waals surface area contributed by atoms with Crippen molar-refractivity contribution >= 4 is 21.7 Å². The predicted molar refractivity (Wildman–Crippen MR) is 104 cm³/mol. The number of rotatable bonds is 8. The van der Waals surface area contributed by atoms with Crippen LogP contribution in [0.25, 0.3) is 0 Å². The molecule has 150 valence electrons. The molecule has 1 amide bonds. The molecule has 0 aromatic heterocycles. The molecule has 0 unspecified atom stereocenters. The molecule has 0 heterocycles. The molecule has 0 bridgehead atoms. The number of carbonyl (C=O) groups is 2. The number of esters is 1. The summed E-state index contributed by atoms with van der Waals surface area (Å²) in [6.07, 6.45) is 0.554. The van der Waals surface area contributed by atoms with Gasteiger partial charge in [-0.3, -0.25) is 4.79 Å². The maximum absolute atomic E-state index is 12.3. The van der Waals surface area contributed by atoms with E-state index in [4.69, 9.17) is 9.47 Å². The lowest BCUT2D eigenvalue weighted by atomic mass is 10.1. The summed E-state index contributed by atoms with van der Waals surface area (Å²) in [4.78, 5) is 24.3. The molecule has 0 fully saturated rings. The summed E-state index contributed by atoms with van der Waals surface area (Å²) in [5.41, 5.74) is 0.927. The first kappa shape index (κ1) is 21.4.